The number of benzene rings is 2. The number of pyridine rings is 1. The van der Waals surface area contributed by atoms with E-state index in [1.54, 1.807) is 36.4 Å². The first-order chi connectivity index (χ1) is 13.5. The van der Waals surface area contributed by atoms with Gasteiger partial charge < -0.3 is 10.5 Å². The van der Waals surface area contributed by atoms with Crippen molar-refractivity contribution in [2.24, 2.45) is 0 Å². The first kappa shape index (κ1) is 18.6. The van der Waals surface area contributed by atoms with Crippen LogP contribution < -0.4 is 5.73 Å². The Balaban J connectivity index is 2.02. The largest absolute Gasteiger partial charge is 0.465 e. The molecule has 6 heteroatoms. The molecule has 0 aliphatic heterocycles. The van der Waals surface area contributed by atoms with Gasteiger partial charge >= 0.3 is 5.97 Å². The van der Waals surface area contributed by atoms with Crippen LogP contribution in [0.4, 0.5) is 10.2 Å². The van der Waals surface area contributed by atoms with E-state index in [4.69, 9.17) is 11.0 Å². The van der Waals surface area contributed by atoms with Crippen molar-refractivity contribution in [3.05, 3.63) is 82.8 Å². The molecule has 0 aliphatic rings. The summed E-state index contributed by atoms with van der Waals surface area (Å²) in [6.45, 7) is 0. The number of rotatable bonds is 2. The molecule has 0 unspecified atom stereocenters. The van der Waals surface area contributed by atoms with E-state index in [9.17, 15) is 9.18 Å². The molecule has 28 heavy (non-hydrogen) atoms. The van der Waals surface area contributed by atoms with Gasteiger partial charge in [0.1, 0.15) is 17.7 Å². The number of esters is 1. The number of anilines is 1. The van der Waals surface area contributed by atoms with Crippen LogP contribution in [0, 0.1) is 29.0 Å². The second kappa shape index (κ2) is 8.03. The number of ether oxygens (including phenoxy) is 1. The van der Waals surface area contributed by atoms with Crippen molar-refractivity contribution < 1.29 is 13.9 Å². The molecule has 0 atom stereocenters. The monoisotopic (exact) mass is 371 g/mol. The normalized spacial score (nSPS) is 9.75. The highest BCUT2D eigenvalue weighted by molar-refractivity contribution is 5.89. The smallest absolute Gasteiger partial charge is 0.337 e. The van der Waals surface area contributed by atoms with Crippen LogP contribution in [0.15, 0.2) is 54.7 Å². The number of carbonyl (C=O) groups excluding carboxylic acids is 1. The summed E-state index contributed by atoms with van der Waals surface area (Å²) in [6.07, 6.45) is 1.52. The van der Waals surface area contributed by atoms with E-state index in [0.29, 0.717) is 27.8 Å². The molecular formula is C22H14FN3O2. The number of methoxy groups -OCH3 is 1. The van der Waals surface area contributed by atoms with E-state index < -0.39 is 11.8 Å². The summed E-state index contributed by atoms with van der Waals surface area (Å²) in [7, 11) is 1.32. The molecular weight excluding hydrogens is 357 g/mol. The van der Waals surface area contributed by atoms with Gasteiger partial charge in [-0.2, -0.15) is 5.26 Å². The highest BCUT2D eigenvalue weighted by atomic mass is 19.1. The summed E-state index contributed by atoms with van der Waals surface area (Å²) in [5.41, 5.74) is 8.73. The SMILES string of the molecule is COC(=O)c1ccc(C#Cc2c(-c3ccc(F)c(C#N)c3)ccnc2N)cc1. The first-order valence-corrected chi connectivity index (χ1v) is 8.18. The Labute approximate surface area is 161 Å². The minimum Gasteiger partial charge on any atom is -0.465 e. The lowest BCUT2D eigenvalue weighted by molar-refractivity contribution is 0.0600. The standard InChI is InChI=1S/C22H14FN3O2/c1-28-22(27)15-5-2-14(3-6-15)4-8-19-18(10-11-26-21(19)25)16-7-9-20(23)17(12-16)13-24/h2-3,5-7,9-12H,1H3,(H2,25,26). The molecule has 0 amide bonds. The maximum Gasteiger partial charge on any atom is 0.337 e. The molecule has 0 fully saturated rings. The van der Waals surface area contributed by atoms with Crippen molar-refractivity contribution in [3.8, 4) is 29.0 Å². The van der Waals surface area contributed by atoms with Crippen molar-refractivity contribution >= 4 is 11.8 Å². The number of nitrogens with two attached hydrogens (primary N) is 1. The molecule has 3 rings (SSSR count). The molecule has 1 aromatic heterocycles. The van der Waals surface area contributed by atoms with Crippen LogP contribution in [0.3, 0.4) is 0 Å². The van der Waals surface area contributed by atoms with Crippen LogP contribution in [0.25, 0.3) is 11.1 Å². The van der Waals surface area contributed by atoms with Crippen molar-refractivity contribution in [2.45, 2.75) is 0 Å². The van der Waals surface area contributed by atoms with Gasteiger partial charge in [0.25, 0.3) is 0 Å². The maximum absolute atomic E-state index is 13.6. The molecule has 2 aromatic carbocycles. The zero-order valence-electron chi connectivity index (χ0n) is 14.9. The predicted molar refractivity (Wildman–Crippen MR) is 103 cm³/mol. The number of nitrogen functional groups attached to an aromatic ring is 1. The molecule has 0 radical (unpaired) electrons. The van der Waals surface area contributed by atoms with Gasteiger partial charge in [-0.05, 0) is 48.0 Å². The third-order valence-corrected chi connectivity index (χ3v) is 4.02. The van der Waals surface area contributed by atoms with E-state index >= 15 is 0 Å². The van der Waals surface area contributed by atoms with Crippen LogP contribution in [-0.4, -0.2) is 18.1 Å². The Kier molecular flexibility index (Phi) is 5.34. The van der Waals surface area contributed by atoms with Gasteiger partial charge in [0.05, 0.1) is 23.8 Å². The van der Waals surface area contributed by atoms with Crippen molar-refractivity contribution in [2.75, 3.05) is 12.8 Å². The Morgan fingerprint density at radius 2 is 1.89 bits per heavy atom. The third kappa shape index (κ3) is 3.82. The number of nitrogens with zero attached hydrogens (tertiary/aromatic N) is 2. The van der Waals surface area contributed by atoms with Crippen molar-refractivity contribution in [1.82, 2.24) is 4.98 Å². The van der Waals surface area contributed by atoms with Gasteiger partial charge in [0.15, 0.2) is 0 Å². The molecule has 0 aliphatic carbocycles. The van der Waals surface area contributed by atoms with Crippen LogP contribution in [0.1, 0.15) is 27.0 Å². The number of hydrogen-bond acceptors (Lipinski definition) is 5. The number of hydrogen-bond donors (Lipinski definition) is 1. The molecule has 5 nitrogen and oxygen atoms in total. The minimum atomic E-state index is -0.591. The van der Waals surface area contributed by atoms with Gasteiger partial charge in [-0.15, -0.1) is 0 Å². The molecule has 0 saturated heterocycles. The number of nitriles is 1. The molecule has 3 aromatic rings. The number of halogens is 1. The molecule has 0 spiro atoms. The lowest BCUT2D eigenvalue weighted by Gasteiger charge is -2.07. The first-order valence-electron chi connectivity index (χ1n) is 8.18. The van der Waals surface area contributed by atoms with E-state index in [-0.39, 0.29) is 11.4 Å². The van der Waals surface area contributed by atoms with E-state index in [0.717, 1.165) is 0 Å². The molecule has 136 valence electrons. The Morgan fingerprint density at radius 3 is 2.57 bits per heavy atom. The average Bonchev–Trinajstić information content (AvgIpc) is 2.73. The number of aromatic nitrogens is 1. The van der Waals surface area contributed by atoms with Crippen LogP contribution in [-0.2, 0) is 4.74 Å². The predicted octanol–water partition coefficient (Wildman–Crippen LogP) is 3.53. The quantitative estimate of drug-likeness (QED) is 0.550. The van der Waals surface area contributed by atoms with E-state index in [2.05, 4.69) is 21.6 Å². The maximum atomic E-state index is 13.6. The summed E-state index contributed by atoms with van der Waals surface area (Å²) in [5, 5.41) is 9.06. The lowest BCUT2D eigenvalue weighted by Crippen LogP contribution is -2.00. The Bertz CT molecular complexity index is 1150. The molecule has 1 heterocycles. The summed E-state index contributed by atoms with van der Waals surface area (Å²) >= 11 is 0. The average molecular weight is 371 g/mol. The minimum absolute atomic E-state index is 0.0646. The topological polar surface area (TPSA) is 89.0 Å². The van der Waals surface area contributed by atoms with Gasteiger partial charge in [0.2, 0.25) is 0 Å². The van der Waals surface area contributed by atoms with Gasteiger partial charge in [-0.25, -0.2) is 14.2 Å². The molecule has 0 saturated carbocycles. The van der Waals surface area contributed by atoms with Gasteiger partial charge in [0, 0.05) is 17.3 Å². The number of carbonyl (C=O) groups is 1. The van der Waals surface area contributed by atoms with Crippen molar-refractivity contribution in [1.29, 1.82) is 5.26 Å². The summed E-state index contributed by atoms with van der Waals surface area (Å²) in [4.78, 5) is 15.6. The highest BCUT2D eigenvalue weighted by Gasteiger charge is 2.11. The van der Waals surface area contributed by atoms with Crippen molar-refractivity contribution in [3.63, 3.8) is 0 Å². The summed E-state index contributed by atoms with van der Waals surface area (Å²) in [5.74, 6) is 5.16. The Morgan fingerprint density at radius 1 is 1.14 bits per heavy atom. The fourth-order valence-electron chi connectivity index (χ4n) is 2.57. The second-order valence-electron chi connectivity index (χ2n) is 5.74. The van der Waals surface area contributed by atoms with Gasteiger partial charge in [-0.1, -0.05) is 17.9 Å². The summed E-state index contributed by atoms with van der Waals surface area (Å²) in [6, 6.07) is 14.4. The van der Waals surface area contributed by atoms with Crippen LogP contribution in [0.5, 0.6) is 0 Å². The third-order valence-electron chi connectivity index (χ3n) is 4.02. The highest BCUT2D eigenvalue weighted by Crippen LogP contribution is 2.27. The van der Waals surface area contributed by atoms with E-state index in [1.165, 1.54) is 25.4 Å². The van der Waals surface area contributed by atoms with Crippen LogP contribution >= 0.6 is 0 Å². The van der Waals surface area contributed by atoms with Crippen LogP contribution in [0.2, 0.25) is 0 Å². The molecule has 0 bridgehead atoms. The summed E-state index contributed by atoms with van der Waals surface area (Å²) < 4.78 is 18.3. The zero-order valence-corrected chi connectivity index (χ0v) is 14.9. The second-order valence-corrected chi connectivity index (χ2v) is 5.74. The van der Waals surface area contributed by atoms with E-state index in [1.807, 2.05) is 6.07 Å². The molecule has 2 N–H and O–H groups in total. The lowest BCUT2D eigenvalue weighted by atomic mass is 9.99. The van der Waals surface area contributed by atoms with Gasteiger partial charge in [-0.3, -0.25) is 0 Å². The Hall–Kier alpha value is -4.16. The zero-order chi connectivity index (χ0) is 20.1. The fraction of sp³-hybridized carbons (Fsp3) is 0.0455. The fourth-order valence-corrected chi connectivity index (χ4v) is 2.57.